The smallest absolute Gasteiger partial charge is 0.408 e. The Labute approximate surface area is 228 Å². The fourth-order valence-electron chi connectivity index (χ4n) is 4.36. The molecule has 0 radical (unpaired) electrons. The van der Waals surface area contributed by atoms with E-state index in [1.165, 1.54) is 0 Å². The molecular weight excluding hydrogens is 478 g/mol. The topological polar surface area (TPSA) is 87.7 Å². The molecule has 2 rings (SSSR count). The van der Waals surface area contributed by atoms with E-state index in [-0.39, 0.29) is 11.8 Å². The van der Waals surface area contributed by atoms with Crippen LogP contribution in [-0.4, -0.2) is 40.0 Å². The Morgan fingerprint density at radius 3 is 2.03 bits per heavy atom. The predicted octanol–water partition coefficient (Wildman–Crippen LogP) is 6.53. The number of nitrogens with zero attached hydrogens (tertiary/aromatic N) is 1. The van der Waals surface area contributed by atoms with Crippen LogP contribution < -0.4 is 10.6 Å². The summed E-state index contributed by atoms with van der Waals surface area (Å²) < 4.78 is 5.38. The SMILES string of the molecule is CCC(C)(C)N(C(=O)C(C)NC(=O)OC(C)(C)C)C(C(=O)Nc1c(C)cccc1C)c1cc(C)ccc1C. The fourth-order valence-corrected chi connectivity index (χ4v) is 4.36. The zero-order valence-corrected chi connectivity index (χ0v) is 24.9. The summed E-state index contributed by atoms with van der Waals surface area (Å²) in [4.78, 5) is 42.5. The number of rotatable bonds is 8. The van der Waals surface area contributed by atoms with Gasteiger partial charge in [0, 0.05) is 11.2 Å². The van der Waals surface area contributed by atoms with Crippen molar-refractivity contribution in [2.75, 3.05) is 5.32 Å². The van der Waals surface area contributed by atoms with Gasteiger partial charge in [0.2, 0.25) is 5.91 Å². The highest BCUT2D eigenvalue weighted by molar-refractivity contribution is 6.00. The van der Waals surface area contributed by atoms with Crippen molar-refractivity contribution >= 4 is 23.6 Å². The Kier molecular flexibility index (Phi) is 9.76. The minimum absolute atomic E-state index is 0.310. The fraction of sp³-hybridized carbons (Fsp3) is 0.516. The maximum atomic E-state index is 14.2. The van der Waals surface area contributed by atoms with E-state index in [2.05, 4.69) is 10.6 Å². The molecule has 7 heteroatoms. The molecular formula is C31H45N3O4. The molecule has 2 unspecified atom stereocenters. The van der Waals surface area contributed by atoms with Gasteiger partial charge in [0.15, 0.2) is 0 Å². The second kappa shape index (κ2) is 12.0. The van der Waals surface area contributed by atoms with Crippen LogP contribution in [0.5, 0.6) is 0 Å². The maximum absolute atomic E-state index is 14.2. The Morgan fingerprint density at radius 1 is 0.921 bits per heavy atom. The van der Waals surface area contributed by atoms with Gasteiger partial charge in [-0.15, -0.1) is 0 Å². The van der Waals surface area contributed by atoms with Gasteiger partial charge in [-0.3, -0.25) is 9.59 Å². The van der Waals surface area contributed by atoms with Crippen molar-refractivity contribution in [1.29, 1.82) is 0 Å². The van der Waals surface area contributed by atoms with Crippen molar-refractivity contribution < 1.29 is 19.1 Å². The molecule has 0 aliphatic rings. The molecule has 2 atom stereocenters. The molecule has 0 saturated heterocycles. The van der Waals surface area contributed by atoms with Crippen molar-refractivity contribution in [2.24, 2.45) is 0 Å². The number of ether oxygens (including phenoxy) is 1. The lowest BCUT2D eigenvalue weighted by Gasteiger charge is -2.44. The standard InChI is InChI=1S/C31H45N3O4/c1-12-31(10,11)34(28(36)23(6)32-29(37)38-30(7,8)9)26(24-18-19(2)16-17-20(24)3)27(35)33-25-21(4)14-13-15-22(25)5/h13-18,23,26H,12H2,1-11H3,(H,32,37)(H,33,35). The molecule has 0 aromatic heterocycles. The summed E-state index contributed by atoms with van der Waals surface area (Å²) in [5.74, 6) is -0.680. The Balaban J connectivity index is 2.65. The van der Waals surface area contributed by atoms with Crippen LogP contribution in [0, 0.1) is 27.7 Å². The van der Waals surface area contributed by atoms with Crippen LogP contribution in [-0.2, 0) is 14.3 Å². The van der Waals surface area contributed by atoms with Gasteiger partial charge in [0.25, 0.3) is 5.91 Å². The molecule has 0 heterocycles. The number of amides is 3. The summed E-state index contributed by atoms with van der Waals surface area (Å²) in [6, 6.07) is 9.90. The first kappa shape index (κ1) is 30.9. The van der Waals surface area contributed by atoms with Crippen LogP contribution in [0.3, 0.4) is 0 Å². The van der Waals surface area contributed by atoms with Gasteiger partial charge >= 0.3 is 6.09 Å². The molecule has 0 saturated carbocycles. The lowest BCUT2D eigenvalue weighted by Crippen LogP contribution is -2.58. The Bertz CT molecular complexity index is 1160. The van der Waals surface area contributed by atoms with Crippen molar-refractivity contribution in [1.82, 2.24) is 10.2 Å². The van der Waals surface area contributed by atoms with E-state index >= 15 is 0 Å². The first-order valence-electron chi connectivity index (χ1n) is 13.3. The van der Waals surface area contributed by atoms with E-state index in [9.17, 15) is 14.4 Å². The average Bonchev–Trinajstić information content (AvgIpc) is 2.79. The summed E-state index contributed by atoms with van der Waals surface area (Å²) in [6.45, 7) is 20.6. The lowest BCUT2D eigenvalue weighted by molar-refractivity contribution is -0.147. The molecule has 0 aliphatic carbocycles. The quantitative estimate of drug-likeness (QED) is 0.412. The van der Waals surface area contributed by atoms with Gasteiger partial charge in [-0.2, -0.15) is 0 Å². The molecule has 208 valence electrons. The predicted molar refractivity (Wildman–Crippen MR) is 153 cm³/mol. The molecule has 2 aromatic rings. The van der Waals surface area contributed by atoms with E-state index in [0.717, 1.165) is 33.5 Å². The molecule has 0 fully saturated rings. The molecule has 38 heavy (non-hydrogen) atoms. The van der Waals surface area contributed by atoms with E-state index in [0.29, 0.717) is 6.42 Å². The van der Waals surface area contributed by atoms with Crippen molar-refractivity contribution in [2.45, 2.75) is 106 Å². The highest BCUT2D eigenvalue weighted by Crippen LogP contribution is 2.35. The number of anilines is 1. The van der Waals surface area contributed by atoms with Gasteiger partial charge in [-0.1, -0.05) is 48.9 Å². The van der Waals surface area contributed by atoms with Crippen molar-refractivity contribution in [3.63, 3.8) is 0 Å². The average molecular weight is 524 g/mol. The van der Waals surface area contributed by atoms with Crippen LogP contribution in [0.1, 0.15) is 88.7 Å². The molecule has 2 aromatic carbocycles. The maximum Gasteiger partial charge on any atom is 0.408 e. The monoisotopic (exact) mass is 523 g/mol. The summed E-state index contributed by atoms with van der Waals surface area (Å²) in [6.07, 6.45) is -0.0912. The van der Waals surface area contributed by atoms with Gasteiger partial charge in [0.1, 0.15) is 17.7 Å². The molecule has 7 nitrogen and oxygen atoms in total. The highest BCUT2D eigenvalue weighted by atomic mass is 16.6. The summed E-state index contributed by atoms with van der Waals surface area (Å²) in [5, 5.41) is 5.79. The molecule has 0 aliphatic heterocycles. The van der Waals surface area contributed by atoms with E-state index in [1.807, 2.05) is 84.9 Å². The summed E-state index contributed by atoms with van der Waals surface area (Å²) in [5.41, 5.74) is 3.81. The number of nitrogens with one attached hydrogen (secondary N) is 2. The normalized spacial score (nSPS) is 13.3. The lowest BCUT2D eigenvalue weighted by atomic mass is 9.89. The third-order valence-corrected chi connectivity index (χ3v) is 6.82. The largest absolute Gasteiger partial charge is 0.444 e. The number of para-hydroxylation sites is 1. The number of aryl methyl sites for hydroxylation is 4. The number of hydrogen-bond acceptors (Lipinski definition) is 4. The second-order valence-electron chi connectivity index (χ2n) is 11.8. The van der Waals surface area contributed by atoms with E-state index < -0.39 is 29.3 Å². The second-order valence-corrected chi connectivity index (χ2v) is 11.8. The van der Waals surface area contributed by atoms with Crippen LogP contribution >= 0.6 is 0 Å². The number of alkyl carbamates (subject to hydrolysis) is 1. The highest BCUT2D eigenvalue weighted by Gasteiger charge is 2.42. The third-order valence-electron chi connectivity index (χ3n) is 6.82. The van der Waals surface area contributed by atoms with Crippen LogP contribution in [0.2, 0.25) is 0 Å². The Hall–Kier alpha value is -3.35. The number of carbonyl (C=O) groups excluding carboxylic acids is 3. The van der Waals surface area contributed by atoms with Crippen LogP contribution in [0.4, 0.5) is 10.5 Å². The van der Waals surface area contributed by atoms with Crippen LogP contribution in [0.15, 0.2) is 36.4 Å². The number of benzene rings is 2. The molecule has 2 N–H and O–H groups in total. The first-order valence-corrected chi connectivity index (χ1v) is 13.3. The zero-order chi connectivity index (χ0) is 29.0. The van der Waals surface area contributed by atoms with E-state index in [4.69, 9.17) is 4.74 Å². The van der Waals surface area contributed by atoms with Gasteiger partial charge < -0.3 is 20.3 Å². The first-order chi connectivity index (χ1) is 17.5. The van der Waals surface area contributed by atoms with Crippen LogP contribution in [0.25, 0.3) is 0 Å². The minimum atomic E-state index is -0.931. The summed E-state index contributed by atoms with van der Waals surface area (Å²) in [7, 11) is 0. The molecule has 0 bridgehead atoms. The van der Waals surface area contributed by atoms with Crippen molar-refractivity contribution in [3.05, 3.63) is 64.2 Å². The van der Waals surface area contributed by atoms with Gasteiger partial charge in [0.05, 0.1) is 0 Å². The Morgan fingerprint density at radius 2 is 1.50 bits per heavy atom. The van der Waals surface area contributed by atoms with Gasteiger partial charge in [-0.25, -0.2) is 4.79 Å². The number of hydrogen-bond donors (Lipinski definition) is 2. The van der Waals surface area contributed by atoms with Gasteiger partial charge in [-0.05, 0) is 97.9 Å². The zero-order valence-electron chi connectivity index (χ0n) is 24.9. The van der Waals surface area contributed by atoms with E-state index in [1.54, 1.807) is 32.6 Å². The number of carbonyl (C=O) groups is 3. The minimum Gasteiger partial charge on any atom is -0.444 e. The third kappa shape index (κ3) is 7.59. The van der Waals surface area contributed by atoms with Crippen molar-refractivity contribution in [3.8, 4) is 0 Å². The molecule has 3 amide bonds. The molecule has 0 spiro atoms. The summed E-state index contributed by atoms with van der Waals surface area (Å²) >= 11 is 0.